The standard InChI is InChI=1S/C26H24FN3O5S/c1-34-11-17-12-35-13-22-29(17)26(33)24-25(32)20(31)8-9-28(24)30(22)23-18-7-6-16(27)10-15(18)14-36-21-5-3-2-4-19(21)23/h2-10,17,22-23,32H,11-14H2,1H3/t17?,22-,23+/m1/s1. The first-order valence-electron chi connectivity index (χ1n) is 11.6. The number of amides is 1. The summed E-state index contributed by atoms with van der Waals surface area (Å²) in [6, 6.07) is 13.1. The number of carbonyl (C=O) groups is 1. The van der Waals surface area contributed by atoms with E-state index < -0.39 is 35.3 Å². The van der Waals surface area contributed by atoms with Gasteiger partial charge in [-0.3, -0.25) is 19.3 Å². The van der Waals surface area contributed by atoms with Gasteiger partial charge in [-0.2, -0.15) is 0 Å². The molecule has 1 N–H and O–H groups in total. The van der Waals surface area contributed by atoms with Crippen molar-refractivity contribution in [3.8, 4) is 5.75 Å². The van der Waals surface area contributed by atoms with Gasteiger partial charge in [0.15, 0.2) is 11.4 Å². The van der Waals surface area contributed by atoms with E-state index in [9.17, 15) is 19.1 Å². The fourth-order valence-corrected chi connectivity index (χ4v) is 6.50. The molecule has 2 aromatic carbocycles. The fourth-order valence-electron chi connectivity index (χ4n) is 5.42. The number of aromatic nitrogens is 1. The molecular weight excluding hydrogens is 485 g/mol. The smallest absolute Gasteiger partial charge is 0.278 e. The Morgan fingerprint density at radius 3 is 2.81 bits per heavy atom. The van der Waals surface area contributed by atoms with Crippen LogP contribution in [-0.2, 0) is 15.2 Å². The molecule has 3 aliphatic heterocycles. The number of rotatable bonds is 3. The van der Waals surface area contributed by atoms with Crippen LogP contribution in [0.25, 0.3) is 0 Å². The highest BCUT2D eigenvalue weighted by molar-refractivity contribution is 7.98. The maximum atomic E-state index is 14.3. The number of hydrogen-bond acceptors (Lipinski definition) is 7. The van der Waals surface area contributed by atoms with Gasteiger partial charge in [0.25, 0.3) is 5.91 Å². The molecule has 0 bridgehead atoms. The van der Waals surface area contributed by atoms with Gasteiger partial charge in [-0.1, -0.05) is 24.3 Å². The molecule has 3 aromatic rings. The summed E-state index contributed by atoms with van der Waals surface area (Å²) in [6.07, 6.45) is 0.941. The third-order valence-electron chi connectivity index (χ3n) is 6.96. The summed E-state index contributed by atoms with van der Waals surface area (Å²) in [6.45, 7) is 0.702. The number of hydrogen-bond donors (Lipinski definition) is 1. The molecule has 4 heterocycles. The van der Waals surface area contributed by atoms with Gasteiger partial charge in [-0.05, 0) is 34.9 Å². The molecule has 6 rings (SSSR count). The highest BCUT2D eigenvalue weighted by atomic mass is 32.2. The first kappa shape index (κ1) is 23.1. The summed E-state index contributed by atoms with van der Waals surface area (Å²) >= 11 is 1.62. The Kier molecular flexibility index (Phi) is 5.74. The molecule has 1 fully saturated rings. The molecule has 1 saturated heterocycles. The molecule has 3 aliphatic rings. The zero-order valence-electron chi connectivity index (χ0n) is 19.5. The summed E-state index contributed by atoms with van der Waals surface area (Å²) in [5, 5.41) is 12.8. The maximum Gasteiger partial charge on any atom is 0.278 e. The van der Waals surface area contributed by atoms with Crippen molar-refractivity contribution in [2.75, 3.05) is 31.9 Å². The number of halogens is 1. The summed E-state index contributed by atoms with van der Waals surface area (Å²) in [7, 11) is 1.55. The third kappa shape index (κ3) is 3.51. The SMILES string of the molecule is COCC1COC[C@@H]2N1C(=O)c1c(O)c(=O)ccn1N2[C@H]1c2ccc(F)cc2CSc2ccccc21. The first-order chi connectivity index (χ1) is 17.5. The number of pyridine rings is 1. The summed E-state index contributed by atoms with van der Waals surface area (Å²) in [5.74, 6) is -0.818. The van der Waals surface area contributed by atoms with Crippen LogP contribution in [0.2, 0.25) is 0 Å². The van der Waals surface area contributed by atoms with Gasteiger partial charge in [-0.15, -0.1) is 11.8 Å². The van der Waals surface area contributed by atoms with E-state index in [0.717, 1.165) is 21.6 Å². The summed E-state index contributed by atoms with van der Waals surface area (Å²) < 4.78 is 27.2. The van der Waals surface area contributed by atoms with Gasteiger partial charge in [0, 0.05) is 30.0 Å². The molecule has 0 saturated carbocycles. The summed E-state index contributed by atoms with van der Waals surface area (Å²) in [5.41, 5.74) is 1.94. The van der Waals surface area contributed by atoms with Crippen LogP contribution in [0.5, 0.6) is 5.75 Å². The highest BCUT2D eigenvalue weighted by Gasteiger charge is 2.48. The first-order valence-corrected chi connectivity index (χ1v) is 12.6. The lowest BCUT2D eigenvalue weighted by Gasteiger charge is -2.53. The number of carbonyl (C=O) groups excluding carboxylic acids is 1. The van der Waals surface area contributed by atoms with E-state index in [1.165, 1.54) is 18.3 Å². The second-order valence-electron chi connectivity index (χ2n) is 9.01. The van der Waals surface area contributed by atoms with Gasteiger partial charge in [-0.25, -0.2) is 4.39 Å². The van der Waals surface area contributed by atoms with Crippen LogP contribution in [0.3, 0.4) is 0 Å². The van der Waals surface area contributed by atoms with Crippen molar-refractivity contribution in [2.24, 2.45) is 0 Å². The molecule has 0 radical (unpaired) electrons. The van der Waals surface area contributed by atoms with Crippen molar-refractivity contribution in [1.29, 1.82) is 0 Å². The Bertz CT molecular complexity index is 1410. The zero-order chi connectivity index (χ0) is 25.0. The van der Waals surface area contributed by atoms with Crippen LogP contribution in [0.4, 0.5) is 4.39 Å². The number of benzene rings is 2. The van der Waals surface area contributed by atoms with E-state index in [1.54, 1.807) is 40.6 Å². The largest absolute Gasteiger partial charge is 0.502 e. The summed E-state index contributed by atoms with van der Waals surface area (Å²) in [4.78, 5) is 28.9. The molecule has 1 aromatic heterocycles. The van der Waals surface area contributed by atoms with Crippen molar-refractivity contribution in [3.05, 3.63) is 93.2 Å². The van der Waals surface area contributed by atoms with Crippen molar-refractivity contribution >= 4 is 17.7 Å². The number of thioether (sulfide) groups is 1. The van der Waals surface area contributed by atoms with Gasteiger partial charge in [0.05, 0.1) is 31.9 Å². The Morgan fingerprint density at radius 1 is 1.14 bits per heavy atom. The number of ether oxygens (including phenoxy) is 2. The van der Waals surface area contributed by atoms with Crippen LogP contribution >= 0.6 is 11.8 Å². The molecule has 36 heavy (non-hydrogen) atoms. The average molecular weight is 510 g/mol. The molecule has 1 unspecified atom stereocenters. The fraction of sp³-hybridized carbons (Fsp3) is 0.308. The Hall–Kier alpha value is -3.34. The lowest BCUT2D eigenvalue weighted by molar-refractivity contribution is -0.0693. The molecular formula is C26H24FN3O5S. The second-order valence-corrected chi connectivity index (χ2v) is 10.0. The Balaban J connectivity index is 1.64. The molecule has 3 atom stereocenters. The van der Waals surface area contributed by atoms with Crippen LogP contribution in [0, 0.1) is 5.82 Å². The van der Waals surface area contributed by atoms with Gasteiger partial charge in [0.1, 0.15) is 12.0 Å². The number of methoxy groups -OCH3 is 1. The van der Waals surface area contributed by atoms with E-state index in [4.69, 9.17) is 9.47 Å². The van der Waals surface area contributed by atoms with Gasteiger partial charge < -0.3 is 19.5 Å². The predicted octanol–water partition coefficient (Wildman–Crippen LogP) is 2.85. The normalized spacial score (nSPS) is 22.8. The van der Waals surface area contributed by atoms with Crippen LogP contribution < -0.4 is 10.4 Å². The lowest BCUT2D eigenvalue weighted by atomic mass is 9.93. The van der Waals surface area contributed by atoms with E-state index in [1.807, 2.05) is 29.3 Å². The molecule has 0 aliphatic carbocycles. The third-order valence-corrected chi connectivity index (χ3v) is 8.09. The molecule has 1 amide bonds. The number of morpholine rings is 1. The number of fused-ring (bicyclic) bond motifs is 4. The monoisotopic (exact) mass is 509 g/mol. The van der Waals surface area contributed by atoms with Gasteiger partial charge in [0.2, 0.25) is 5.43 Å². The number of aromatic hydroxyl groups is 1. The minimum Gasteiger partial charge on any atom is -0.502 e. The Labute approximate surface area is 210 Å². The van der Waals surface area contributed by atoms with E-state index in [0.29, 0.717) is 5.75 Å². The second kappa shape index (κ2) is 8.95. The molecule has 8 nitrogen and oxygen atoms in total. The minimum atomic E-state index is -0.635. The Morgan fingerprint density at radius 2 is 1.97 bits per heavy atom. The van der Waals surface area contributed by atoms with E-state index in [2.05, 4.69) is 0 Å². The molecule has 0 spiro atoms. The van der Waals surface area contributed by atoms with Crippen LogP contribution in [-0.4, -0.2) is 59.7 Å². The van der Waals surface area contributed by atoms with Crippen molar-refractivity contribution in [2.45, 2.75) is 28.9 Å². The van der Waals surface area contributed by atoms with Gasteiger partial charge >= 0.3 is 0 Å². The minimum absolute atomic E-state index is 0.111. The maximum absolute atomic E-state index is 14.3. The molecule has 186 valence electrons. The quantitative estimate of drug-likeness (QED) is 0.581. The van der Waals surface area contributed by atoms with Crippen molar-refractivity contribution in [1.82, 2.24) is 9.58 Å². The predicted molar refractivity (Wildman–Crippen MR) is 131 cm³/mol. The topological polar surface area (TPSA) is 84.2 Å². The van der Waals surface area contributed by atoms with Crippen molar-refractivity contribution in [3.63, 3.8) is 0 Å². The average Bonchev–Trinajstić information content (AvgIpc) is 3.03. The lowest BCUT2D eigenvalue weighted by Crippen LogP contribution is -2.69. The van der Waals surface area contributed by atoms with Crippen LogP contribution in [0.15, 0.2) is 64.4 Å². The van der Waals surface area contributed by atoms with E-state index in [-0.39, 0.29) is 31.3 Å². The van der Waals surface area contributed by atoms with Crippen LogP contribution in [0.1, 0.15) is 33.2 Å². The molecule has 10 heteroatoms. The van der Waals surface area contributed by atoms with E-state index >= 15 is 0 Å². The zero-order valence-corrected chi connectivity index (χ0v) is 20.3. The number of nitrogens with zero attached hydrogens (tertiary/aromatic N) is 3. The van der Waals surface area contributed by atoms with Crippen molar-refractivity contribution < 1.29 is 23.8 Å². The highest BCUT2D eigenvalue weighted by Crippen LogP contribution is 2.44.